The van der Waals surface area contributed by atoms with Crippen LogP contribution in [0.3, 0.4) is 0 Å². The molecule has 0 amide bonds. The van der Waals surface area contributed by atoms with E-state index in [1.807, 2.05) is 0 Å². The van der Waals surface area contributed by atoms with Crippen LogP contribution in [0.4, 0.5) is 26.3 Å². The van der Waals surface area contributed by atoms with E-state index in [1.165, 1.54) is 6.92 Å². The van der Waals surface area contributed by atoms with Crippen LogP contribution in [0.1, 0.15) is 26.2 Å². The van der Waals surface area contributed by atoms with Crippen molar-refractivity contribution in [3.63, 3.8) is 0 Å². The summed E-state index contributed by atoms with van der Waals surface area (Å²) in [5, 5.41) is 0. The highest BCUT2D eigenvalue weighted by molar-refractivity contribution is 8.11. The lowest BCUT2D eigenvalue weighted by Crippen LogP contribution is -2.60. The molecule has 0 spiro atoms. The number of alkyl halides is 6. The second-order valence-electron chi connectivity index (χ2n) is 5.29. The summed E-state index contributed by atoms with van der Waals surface area (Å²) in [6.45, 7) is 1.00. The lowest BCUT2D eigenvalue weighted by Gasteiger charge is -2.40. The van der Waals surface area contributed by atoms with Crippen molar-refractivity contribution in [2.75, 3.05) is 6.61 Å². The zero-order chi connectivity index (χ0) is 20.6. The number of allylic oxidation sites excluding steroid dienone is 2. The molecule has 0 bridgehead atoms. The van der Waals surface area contributed by atoms with E-state index in [-0.39, 0.29) is 6.61 Å². The first-order valence-electron chi connectivity index (χ1n) is 7.00. The van der Waals surface area contributed by atoms with E-state index in [2.05, 4.69) is 4.74 Å². The van der Waals surface area contributed by atoms with Crippen molar-refractivity contribution in [3.05, 3.63) is 12.2 Å². The van der Waals surface area contributed by atoms with Crippen molar-refractivity contribution in [2.45, 2.75) is 41.3 Å². The summed E-state index contributed by atoms with van der Waals surface area (Å²) in [7, 11) is -13.8. The molecule has 0 N–H and O–H groups in total. The zero-order valence-corrected chi connectivity index (χ0v) is 14.7. The molecule has 0 aromatic carbocycles. The Labute approximate surface area is 145 Å². The Balaban J connectivity index is 3.81. The fourth-order valence-corrected chi connectivity index (χ4v) is 7.10. The first kappa shape index (κ1) is 22.7. The van der Waals surface area contributed by atoms with Crippen LogP contribution in [0.15, 0.2) is 12.2 Å². The molecule has 0 unspecified atom stereocenters. The van der Waals surface area contributed by atoms with Gasteiger partial charge in [-0.15, -0.1) is 0 Å². The number of hydrogen-bond acceptors (Lipinski definition) is 6. The van der Waals surface area contributed by atoms with Gasteiger partial charge in [-0.1, -0.05) is 12.2 Å². The van der Waals surface area contributed by atoms with Crippen molar-refractivity contribution >= 4 is 25.6 Å². The van der Waals surface area contributed by atoms with Gasteiger partial charge in [0.05, 0.1) is 13.0 Å². The van der Waals surface area contributed by atoms with Crippen LogP contribution < -0.4 is 0 Å². The molecular formula is C12H14F6O6S2. The molecule has 0 saturated heterocycles. The molecule has 0 heterocycles. The fraction of sp³-hybridized carbons (Fsp3) is 0.750. The second kappa shape index (κ2) is 7.02. The minimum absolute atomic E-state index is 0.291. The van der Waals surface area contributed by atoms with Crippen molar-refractivity contribution in [1.82, 2.24) is 0 Å². The number of carbonyl (C=O) groups is 1. The number of carbonyl (C=O) groups excluding carboxylic acids is 1. The molecule has 1 aliphatic rings. The van der Waals surface area contributed by atoms with E-state index in [1.54, 1.807) is 0 Å². The Morgan fingerprint density at radius 3 is 1.92 bits per heavy atom. The quantitative estimate of drug-likeness (QED) is 0.376. The third kappa shape index (κ3) is 3.44. The highest BCUT2D eigenvalue weighted by Crippen LogP contribution is 2.52. The van der Waals surface area contributed by atoms with E-state index in [0.717, 1.165) is 6.08 Å². The third-order valence-electron chi connectivity index (χ3n) is 3.80. The second-order valence-corrected chi connectivity index (χ2v) is 9.95. The van der Waals surface area contributed by atoms with E-state index in [4.69, 9.17) is 0 Å². The van der Waals surface area contributed by atoms with Gasteiger partial charge in [-0.2, -0.15) is 26.3 Å². The van der Waals surface area contributed by atoms with Crippen molar-refractivity contribution in [3.8, 4) is 0 Å². The van der Waals surface area contributed by atoms with Crippen LogP contribution >= 0.6 is 0 Å². The molecule has 6 nitrogen and oxygen atoms in total. The van der Waals surface area contributed by atoms with Crippen LogP contribution in [0.5, 0.6) is 0 Å². The Bertz CT molecular complexity index is 734. The van der Waals surface area contributed by atoms with E-state index in [0.29, 0.717) is 6.08 Å². The molecule has 0 saturated carbocycles. The molecule has 1 aliphatic carbocycles. The number of sulfone groups is 2. The van der Waals surface area contributed by atoms with Crippen LogP contribution in [-0.2, 0) is 29.2 Å². The van der Waals surface area contributed by atoms with Crippen molar-refractivity contribution in [1.29, 1.82) is 0 Å². The number of rotatable bonds is 5. The maximum Gasteiger partial charge on any atom is 0.498 e. The van der Waals surface area contributed by atoms with Crippen molar-refractivity contribution < 1.29 is 52.7 Å². The first-order chi connectivity index (χ1) is 11.6. The van der Waals surface area contributed by atoms with Gasteiger partial charge in [0.25, 0.3) is 19.7 Å². The molecule has 14 heteroatoms. The molecule has 0 aromatic rings. The third-order valence-corrected chi connectivity index (χ3v) is 9.17. The maximum atomic E-state index is 13.1. The largest absolute Gasteiger partial charge is 0.498 e. The Kier molecular flexibility index (Phi) is 6.13. The topological polar surface area (TPSA) is 94.6 Å². The predicted octanol–water partition coefficient (Wildman–Crippen LogP) is 2.47. The highest BCUT2D eigenvalue weighted by atomic mass is 32.3. The maximum absolute atomic E-state index is 13.1. The van der Waals surface area contributed by atoms with Gasteiger partial charge in [0, 0.05) is 5.92 Å². The molecule has 1 rings (SSSR count). The molecule has 152 valence electrons. The number of ether oxygens (including phenoxy) is 1. The molecule has 0 fully saturated rings. The Morgan fingerprint density at radius 2 is 1.54 bits per heavy atom. The lowest BCUT2D eigenvalue weighted by atomic mass is 9.91. The first-order valence-corrected chi connectivity index (χ1v) is 9.97. The average molecular weight is 432 g/mol. The van der Waals surface area contributed by atoms with Gasteiger partial charge in [0.2, 0.25) is 0 Å². The van der Waals surface area contributed by atoms with E-state index >= 15 is 0 Å². The Hall–Kier alpha value is -1.31. The number of esters is 1. The minimum Gasteiger partial charge on any atom is -0.466 e. The Morgan fingerprint density at radius 1 is 1.08 bits per heavy atom. The summed E-state index contributed by atoms with van der Waals surface area (Å²) >= 11 is 0. The van der Waals surface area contributed by atoms with Gasteiger partial charge >= 0.3 is 17.0 Å². The molecule has 0 radical (unpaired) electrons. The van der Waals surface area contributed by atoms with Gasteiger partial charge in [0.1, 0.15) is 0 Å². The summed E-state index contributed by atoms with van der Waals surface area (Å²) < 4.78 is 127. The fourth-order valence-electron chi connectivity index (χ4n) is 2.70. The van der Waals surface area contributed by atoms with Gasteiger partial charge < -0.3 is 4.74 Å². The minimum atomic E-state index is -6.88. The van der Waals surface area contributed by atoms with Gasteiger partial charge in [-0.05, 0) is 19.8 Å². The monoisotopic (exact) mass is 432 g/mol. The van der Waals surface area contributed by atoms with Gasteiger partial charge in [0.15, 0.2) is 4.08 Å². The smallest absolute Gasteiger partial charge is 0.466 e. The molecule has 26 heavy (non-hydrogen) atoms. The van der Waals surface area contributed by atoms with Gasteiger partial charge in [-0.3, -0.25) is 4.79 Å². The predicted molar refractivity (Wildman–Crippen MR) is 75.8 cm³/mol. The van der Waals surface area contributed by atoms with E-state index in [9.17, 15) is 48.0 Å². The molecule has 0 aliphatic heterocycles. The average Bonchev–Trinajstić information content (AvgIpc) is 2.45. The normalized spacial score (nSPS) is 21.4. The van der Waals surface area contributed by atoms with E-state index < -0.39 is 65.9 Å². The van der Waals surface area contributed by atoms with Crippen LogP contribution in [-0.4, -0.2) is 44.5 Å². The standard InChI is InChI=1S/C12H14F6O6S2/c1-2-24-9(19)7-8-5-3-4-6-10(8,25(20,21)11(13,14)15)26(22,23)12(16,17)18/h3,5,8H,2,4,6-7H2,1H3/t8-/m0/s1. The summed E-state index contributed by atoms with van der Waals surface area (Å²) in [4.78, 5) is 11.5. The summed E-state index contributed by atoms with van der Waals surface area (Å²) in [6.07, 6.45) is -1.89. The molecule has 0 aromatic heterocycles. The summed E-state index contributed by atoms with van der Waals surface area (Å²) in [5.74, 6) is -3.75. The molecular weight excluding hydrogens is 418 g/mol. The summed E-state index contributed by atoms with van der Waals surface area (Å²) in [6, 6.07) is 0. The van der Waals surface area contributed by atoms with Crippen LogP contribution in [0.2, 0.25) is 0 Å². The van der Waals surface area contributed by atoms with Gasteiger partial charge in [-0.25, -0.2) is 16.8 Å². The summed E-state index contributed by atoms with van der Waals surface area (Å²) in [5.41, 5.74) is -12.6. The lowest BCUT2D eigenvalue weighted by molar-refractivity contribution is -0.144. The van der Waals surface area contributed by atoms with Crippen LogP contribution in [0, 0.1) is 5.92 Å². The SMILES string of the molecule is CCOC(=O)C[C@@H]1C=CCCC1(S(=O)(=O)C(F)(F)F)S(=O)(=O)C(F)(F)F. The molecule has 1 atom stereocenters. The number of halogens is 6. The van der Waals surface area contributed by atoms with Crippen molar-refractivity contribution in [2.24, 2.45) is 5.92 Å². The number of hydrogen-bond donors (Lipinski definition) is 0. The zero-order valence-electron chi connectivity index (χ0n) is 13.1. The van der Waals surface area contributed by atoms with Crippen LogP contribution in [0.25, 0.3) is 0 Å². The highest BCUT2D eigenvalue weighted by Gasteiger charge is 2.74.